The molecule has 116 valence electrons. The van der Waals surface area contributed by atoms with Crippen LogP contribution in [0.1, 0.15) is 5.56 Å². The quantitative estimate of drug-likeness (QED) is 0.596. The minimum atomic E-state index is -5.06. The molecule has 0 aliphatic heterocycles. The molecule has 0 radical (unpaired) electrons. The van der Waals surface area contributed by atoms with Crippen LogP contribution >= 0.6 is 0 Å². The van der Waals surface area contributed by atoms with Crippen molar-refractivity contribution in [2.24, 2.45) is 5.92 Å². The Morgan fingerprint density at radius 2 is 1.76 bits per heavy atom. The summed E-state index contributed by atoms with van der Waals surface area (Å²) in [6, 6.07) is 8.51. The fourth-order valence-corrected chi connectivity index (χ4v) is 1.66. The maximum absolute atomic E-state index is 12.5. The molecule has 0 aliphatic carbocycles. The fraction of sp³-hybridized carbons (Fsp3) is 0.429. The third-order valence-electron chi connectivity index (χ3n) is 2.65. The van der Waals surface area contributed by atoms with E-state index in [1.807, 2.05) is 0 Å². The summed E-state index contributed by atoms with van der Waals surface area (Å²) in [5.74, 6) is -5.13. The molecule has 0 saturated heterocycles. The third-order valence-corrected chi connectivity index (χ3v) is 2.65. The van der Waals surface area contributed by atoms with Crippen molar-refractivity contribution in [1.82, 2.24) is 4.90 Å². The van der Waals surface area contributed by atoms with E-state index in [1.165, 1.54) is 19.0 Å². The smallest absolute Gasteiger partial charge is 0.450 e. The Hall–Kier alpha value is -1.89. The lowest BCUT2D eigenvalue weighted by molar-refractivity contribution is -0.181. The number of Topliss-reactive ketones (excluding diaryl/α,β-unsaturated/α-hetero) is 1. The Bertz CT molecular complexity index is 486. The Kier molecular flexibility index (Phi) is 5.90. The maximum atomic E-state index is 12.5. The number of esters is 1. The van der Waals surface area contributed by atoms with E-state index in [2.05, 4.69) is 0 Å². The first-order valence-electron chi connectivity index (χ1n) is 6.18. The van der Waals surface area contributed by atoms with Gasteiger partial charge in [-0.2, -0.15) is 13.2 Å². The molecule has 4 nitrogen and oxygen atoms in total. The van der Waals surface area contributed by atoms with Crippen LogP contribution in [-0.4, -0.2) is 43.5 Å². The molecule has 0 aromatic heterocycles. The first-order chi connectivity index (χ1) is 9.71. The van der Waals surface area contributed by atoms with Gasteiger partial charge >= 0.3 is 12.1 Å². The minimum Gasteiger partial charge on any atom is -0.460 e. The summed E-state index contributed by atoms with van der Waals surface area (Å²) in [4.78, 5) is 24.4. The summed E-state index contributed by atoms with van der Waals surface area (Å²) in [5.41, 5.74) is 0.633. The summed E-state index contributed by atoms with van der Waals surface area (Å²) in [6.45, 7) is -0.527. The SMILES string of the molecule is CN(C)CC(C(=O)OCc1ccccc1)C(=O)C(F)(F)F. The lowest BCUT2D eigenvalue weighted by Gasteiger charge is -2.19. The standard InChI is InChI=1S/C14H16F3NO3/c1-18(2)8-11(12(19)14(15,16)17)13(20)21-9-10-6-4-3-5-7-10/h3-7,11H,8-9H2,1-2H3. The van der Waals surface area contributed by atoms with Crippen LogP contribution in [0, 0.1) is 5.92 Å². The normalized spacial score (nSPS) is 13.0. The second kappa shape index (κ2) is 7.21. The molecule has 7 heteroatoms. The van der Waals surface area contributed by atoms with Crippen molar-refractivity contribution < 1.29 is 27.5 Å². The van der Waals surface area contributed by atoms with Crippen molar-refractivity contribution in [3.63, 3.8) is 0 Å². The molecule has 0 spiro atoms. The van der Waals surface area contributed by atoms with Crippen molar-refractivity contribution in [2.75, 3.05) is 20.6 Å². The van der Waals surface area contributed by atoms with Gasteiger partial charge in [-0.15, -0.1) is 0 Å². The van der Waals surface area contributed by atoms with Crippen molar-refractivity contribution in [3.05, 3.63) is 35.9 Å². The maximum Gasteiger partial charge on any atom is 0.450 e. The second-order valence-corrected chi connectivity index (χ2v) is 4.77. The highest BCUT2D eigenvalue weighted by Gasteiger charge is 2.47. The number of hydrogen-bond acceptors (Lipinski definition) is 4. The van der Waals surface area contributed by atoms with Crippen LogP contribution in [-0.2, 0) is 20.9 Å². The van der Waals surface area contributed by atoms with Gasteiger partial charge < -0.3 is 9.64 Å². The Morgan fingerprint density at radius 3 is 2.24 bits per heavy atom. The third kappa shape index (κ3) is 5.55. The predicted molar refractivity (Wildman–Crippen MR) is 69.3 cm³/mol. The molecule has 0 bridgehead atoms. The molecular weight excluding hydrogens is 287 g/mol. The number of ketones is 1. The molecule has 1 aromatic rings. The number of alkyl halides is 3. The van der Waals surface area contributed by atoms with Gasteiger partial charge in [0.05, 0.1) is 0 Å². The van der Waals surface area contributed by atoms with E-state index in [-0.39, 0.29) is 13.2 Å². The molecule has 1 rings (SSSR count). The van der Waals surface area contributed by atoms with E-state index < -0.39 is 23.8 Å². The fourth-order valence-electron chi connectivity index (χ4n) is 1.66. The summed E-state index contributed by atoms with van der Waals surface area (Å²) in [6.07, 6.45) is -5.06. The van der Waals surface area contributed by atoms with Crippen molar-refractivity contribution >= 4 is 11.8 Å². The van der Waals surface area contributed by atoms with E-state index in [0.29, 0.717) is 5.56 Å². The molecule has 0 fully saturated rings. The molecule has 0 N–H and O–H groups in total. The average molecular weight is 303 g/mol. The van der Waals surface area contributed by atoms with Crippen LogP contribution in [0.25, 0.3) is 0 Å². The molecule has 1 atom stereocenters. The summed E-state index contributed by atoms with van der Waals surface area (Å²) >= 11 is 0. The van der Waals surface area contributed by atoms with Crippen LogP contribution in [0.5, 0.6) is 0 Å². The molecule has 1 aromatic carbocycles. The van der Waals surface area contributed by atoms with Gasteiger partial charge in [-0.25, -0.2) is 0 Å². The Labute approximate surface area is 120 Å². The highest BCUT2D eigenvalue weighted by atomic mass is 19.4. The second-order valence-electron chi connectivity index (χ2n) is 4.77. The van der Waals surface area contributed by atoms with Crippen LogP contribution in [0.2, 0.25) is 0 Å². The zero-order valence-corrected chi connectivity index (χ0v) is 11.7. The molecule has 0 saturated carbocycles. The van der Waals surface area contributed by atoms with E-state index >= 15 is 0 Å². The molecule has 0 aliphatic rings. The van der Waals surface area contributed by atoms with Crippen molar-refractivity contribution in [2.45, 2.75) is 12.8 Å². The van der Waals surface area contributed by atoms with E-state index in [9.17, 15) is 22.8 Å². The van der Waals surface area contributed by atoms with Gasteiger partial charge in [-0.3, -0.25) is 9.59 Å². The average Bonchev–Trinajstić information content (AvgIpc) is 2.41. The molecule has 1 unspecified atom stereocenters. The van der Waals surface area contributed by atoms with Crippen LogP contribution in [0.4, 0.5) is 13.2 Å². The number of carbonyl (C=O) groups excluding carboxylic acids is 2. The highest BCUT2D eigenvalue weighted by molar-refractivity contribution is 6.02. The Morgan fingerprint density at radius 1 is 1.19 bits per heavy atom. The Balaban J connectivity index is 2.74. The van der Waals surface area contributed by atoms with Crippen molar-refractivity contribution in [1.29, 1.82) is 0 Å². The zero-order valence-electron chi connectivity index (χ0n) is 11.7. The van der Waals surface area contributed by atoms with Gasteiger partial charge in [0, 0.05) is 6.54 Å². The molecule has 21 heavy (non-hydrogen) atoms. The van der Waals surface area contributed by atoms with E-state index in [0.717, 1.165) is 0 Å². The monoisotopic (exact) mass is 303 g/mol. The van der Waals surface area contributed by atoms with Gasteiger partial charge in [0.25, 0.3) is 5.78 Å². The van der Waals surface area contributed by atoms with E-state index in [4.69, 9.17) is 4.74 Å². The van der Waals surface area contributed by atoms with Gasteiger partial charge in [0.1, 0.15) is 12.5 Å². The number of nitrogens with zero attached hydrogens (tertiary/aromatic N) is 1. The van der Waals surface area contributed by atoms with Gasteiger partial charge in [0.15, 0.2) is 0 Å². The molecular formula is C14H16F3NO3. The summed E-state index contributed by atoms with van der Waals surface area (Å²) in [7, 11) is 2.95. The lowest BCUT2D eigenvalue weighted by atomic mass is 10.0. The van der Waals surface area contributed by atoms with Gasteiger partial charge in [-0.05, 0) is 19.7 Å². The first-order valence-corrected chi connectivity index (χ1v) is 6.18. The van der Waals surface area contributed by atoms with Crippen LogP contribution in [0.3, 0.4) is 0 Å². The van der Waals surface area contributed by atoms with Crippen LogP contribution in [0.15, 0.2) is 30.3 Å². The number of carbonyl (C=O) groups is 2. The molecule has 0 heterocycles. The zero-order chi connectivity index (χ0) is 16.0. The number of hydrogen-bond donors (Lipinski definition) is 0. The first kappa shape index (κ1) is 17.2. The largest absolute Gasteiger partial charge is 0.460 e. The topological polar surface area (TPSA) is 46.6 Å². The van der Waals surface area contributed by atoms with E-state index in [1.54, 1.807) is 30.3 Å². The molecule has 0 amide bonds. The highest BCUT2D eigenvalue weighted by Crippen LogP contribution is 2.22. The van der Waals surface area contributed by atoms with Gasteiger partial charge in [0.2, 0.25) is 0 Å². The number of ether oxygens (including phenoxy) is 1. The lowest BCUT2D eigenvalue weighted by Crippen LogP contribution is -2.41. The van der Waals surface area contributed by atoms with Crippen LogP contribution < -0.4 is 0 Å². The van der Waals surface area contributed by atoms with Gasteiger partial charge in [-0.1, -0.05) is 30.3 Å². The summed E-state index contributed by atoms with van der Waals surface area (Å²) < 4.78 is 42.3. The summed E-state index contributed by atoms with van der Waals surface area (Å²) in [5, 5.41) is 0. The number of benzene rings is 1. The number of halogens is 3. The minimum absolute atomic E-state index is 0.172. The number of rotatable bonds is 6. The van der Waals surface area contributed by atoms with Crippen molar-refractivity contribution in [3.8, 4) is 0 Å². The predicted octanol–water partition coefficient (Wildman–Crippen LogP) is 2.04.